The third-order valence-electron chi connectivity index (χ3n) is 5.90. The lowest BCUT2D eigenvalue weighted by Crippen LogP contribution is -2.63. The molecule has 2 saturated heterocycles. The van der Waals surface area contributed by atoms with Gasteiger partial charge in [-0.05, 0) is 38.1 Å². The molecule has 0 aromatic carbocycles. The molecule has 22 heavy (non-hydrogen) atoms. The summed E-state index contributed by atoms with van der Waals surface area (Å²) >= 11 is 0. The highest BCUT2D eigenvalue weighted by Gasteiger charge is 2.37. The van der Waals surface area contributed by atoms with Crippen LogP contribution in [0, 0.1) is 5.92 Å². The molecule has 3 fully saturated rings. The zero-order valence-corrected chi connectivity index (χ0v) is 14.1. The topological polar surface area (TPSA) is 32.8 Å². The number of ether oxygens (including phenoxy) is 1. The summed E-state index contributed by atoms with van der Waals surface area (Å²) in [6.45, 7) is 7.06. The lowest BCUT2D eigenvalue weighted by Gasteiger charge is -2.49. The Labute approximate surface area is 135 Å². The molecule has 0 atom stereocenters. The molecule has 0 unspecified atom stereocenters. The number of carbonyl (C=O) groups is 1. The molecule has 3 aliphatic rings. The molecule has 0 N–H and O–H groups in total. The molecule has 2 heterocycles. The summed E-state index contributed by atoms with van der Waals surface area (Å²) in [4.78, 5) is 17.1. The molecule has 4 heteroatoms. The average Bonchev–Trinajstić information content (AvgIpc) is 2.52. The van der Waals surface area contributed by atoms with Crippen LogP contribution in [0.25, 0.3) is 0 Å². The molecule has 4 nitrogen and oxygen atoms in total. The van der Waals surface area contributed by atoms with Crippen molar-refractivity contribution in [1.82, 2.24) is 9.80 Å². The Hall–Kier alpha value is -0.610. The minimum atomic E-state index is 0.409. The smallest absolute Gasteiger partial charge is 0.222 e. The van der Waals surface area contributed by atoms with Gasteiger partial charge in [0, 0.05) is 44.8 Å². The highest BCUT2D eigenvalue weighted by Crippen LogP contribution is 2.29. The zero-order valence-electron chi connectivity index (χ0n) is 14.1. The predicted octanol–water partition coefficient (Wildman–Crippen LogP) is 2.67. The van der Waals surface area contributed by atoms with Gasteiger partial charge >= 0.3 is 0 Å². The second-order valence-electron chi connectivity index (χ2n) is 7.33. The first-order valence-corrected chi connectivity index (χ1v) is 9.39. The molecule has 1 saturated carbocycles. The van der Waals surface area contributed by atoms with Crippen LogP contribution in [0.3, 0.4) is 0 Å². The number of amides is 1. The highest BCUT2D eigenvalue weighted by molar-refractivity contribution is 5.77. The fraction of sp³-hybridized carbons (Fsp3) is 0.944. The second kappa shape index (κ2) is 7.78. The van der Waals surface area contributed by atoms with Crippen LogP contribution in [0.4, 0.5) is 0 Å². The number of likely N-dealkylation sites (tertiary alicyclic amines) is 1. The summed E-state index contributed by atoms with van der Waals surface area (Å²) in [7, 11) is 0. The largest absolute Gasteiger partial charge is 0.381 e. The number of rotatable bonds is 5. The minimum absolute atomic E-state index is 0.409. The first-order chi connectivity index (χ1) is 10.8. The van der Waals surface area contributed by atoms with Crippen LogP contribution in [0.15, 0.2) is 0 Å². The van der Waals surface area contributed by atoms with Crippen LogP contribution in [-0.4, -0.2) is 60.6 Å². The Morgan fingerprint density at radius 2 is 1.73 bits per heavy atom. The van der Waals surface area contributed by atoms with Gasteiger partial charge in [-0.3, -0.25) is 9.69 Å². The third-order valence-corrected chi connectivity index (χ3v) is 5.90. The molecular formula is C18H32N2O2. The average molecular weight is 308 g/mol. The molecule has 0 radical (unpaired) electrons. The zero-order chi connectivity index (χ0) is 15.4. The van der Waals surface area contributed by atoms with Crippen LogP contribution in [0.1, 0.15) is 58.3 Å². The van der Waals surface area contributed by atoms with E-state index in [9.17, 15) is 4.79 Å². The standard InChI is InChI=1S/C18H32N2O2/c1-2-20(16-8-10-22-11-9-16)17-13-19(14-17)18(21)12-15-6-4-3-5-7-15/h15-17H,2-14H2,1H3. The fourth-order valence-electron chi connectivity index (χ4n) is 4.47. The van der Waals surface area contributed by atoms with E-state index in [1.165, 1.54) is 32.1 Å². The molecule has 0 bridgehead atoms. The molecule has 1 aliphatic carbocycles. The number of nitrogens with zero attached hydrogens (tertiary/aromatic N) is 2. The van der Waals surface area contributed by atoms with Crippen LogP contribution in [0.5, 0.6) is 0 Å². The van der Waals surface area contributed by atoms with E-state index in [1.807, 2.05) is 0 Å². The van der Waals surface area contributed by atoms with E-state index >= 15 is 0 Å². The Morgan fingerprint density at radius 1 is 1.05 bits per heavy atom. The van der Waals surface area contributed by atoms with Crippen LogP contribution in [0.2, 0.25) is 0 Å². The molecule has 2 aliphatic heterocycles. The van der Waals surface area contributed by atoms with Crippen molar-refractivity contribution in [3.8, 4) is 0 Å². The Balaban J connectivity index is 1.42. The Kier molecular flexibility index (Phi) is 5.75. The molecule has 0 aromatic heterocycles. The quantitative estimate of drug-likeness (QED) is 0.783. The molecular weight excluding hydrogens is 276 g/mol. The Bertz CT molecular complexity index is 356. The van der Waals surface area contributed by atoms with Crippen LogP contribution >= 0.6 is 0 Å². The van der Waals surface area contributed by atoms with E-state index in [1.54, 1.807) is 0 Å². The summed E-state index contributed by atoms with van der Waals surface area (Å²) in [6.07, 6.45) is 9.67. The minimum Gasteiger partial charge on any atom is -0.381 e. The van der Waals surface area contributed by atoms with Gasteiger partial charge in [-0.1, -0.05) is 26.2 Å². The predicted molar refractivity (Wildman–Crippen MR) is 87.8 cm³/mol. The molecule has 0 aromatic rings. The lowest BCUT2D eigenvalue weighted by atomic mass is 9.86. The van der Waals surface area contributed by atoms with Crippen LogP contribution < -0.4 is 0 Å². The summed E-state index contributed by atoms with van der Waals surface area (Å²) < 4.78 is 5.48. The highest BCUT2D eigenvalue weighted by atomic mass is 16.5. The van der Waals surface area contributed by atoms with Gasteiger partial charge in [-0.25, -0.2) is 0 Å². The van der Waals surface area contributed by atoms with E-state index in [-0.39, 0.29) is 0 Å². The maximum Gasteiger partial charge on any atom is 0.222 e. The van der Waals surface area contributed by atoms with E-state index in [4.69, 9.17) is 4.74 Å². The van der Waals surface area contributed by atoms with E-state index in [0.29, 0.717) is 23.9 Å². The van der Waals surface area contributed by atoms with Crippen molar-refractivity contribution in [3.05, 3.63) is 0 Å². The van der Waals surface area contributed by atoms with E-state index < -0.39 is 0 Å². The van der Waals surface area contributed by atoms with Crippen molar-refractivity contribution in [2.45, 2.75) is 70.4 Å². The molecule has 0 spiro atoms. The van der Waals surface area contributed by atoms with Crippen molar-refractivity contribution in [3.63, 3.8) is 0 Å². The molecule has 1 amide bonds. The van der Waals surface area contributed by atoms with E-state index in [0.717, 1.165) is 52.1 Å². The van der Waals surface area contributed by atoms with Gasteiger partial charge in [0.15, 0.2) is 0 Å². The van der Waals surface area contributed by atoms with Crippen molar-refractivity contribution in [1.29, 1.82) is 0 Å². The van der Waals surface area contributed by atoms with Gasteiger partial charge < -0.3 is 9.64 Å². The SMILES string of the molecule is CCN(C1CCOCC1)C1CN(C(=O)CC2CCCCC2)C1. The normalized spacial score (nSPS) is 25.5. The van der Waals surface area contributed by atoms with Crippen molar-refractivity contribution < 1.29 is 9.53 Å². The number of hydrogen-bond acceptors (Lipinski definition) is 3. The lowest BCUT2D eigenvalue weighted by molar-refractivity contribution is -0.141. The Morgan fingerprint density at radius 3 is 2.36 bits per heavy atom. The first-order valence-electron chi connectivity index (χ1n) is 9.39. The van der Waals surface area contributed by atoms with Crippen LogP contribution in [-0.2, 0) is 9.53 Å². The summed E-state index contributed by atoms with van der Waals surface area (Å²) in [5, 5.41) is 0. The first kappa shape index (κ1) is 16.3. The van der Waals surface area contributed by atoms with Gasteiger partial charge in [0.25, 0.3) is 0 Å². The van der Waals surface area contributed by atoms with Gasteiger partial charge in [0.05, 0.1) is 0 Å². The fourth-order valence-corrected chi connectivity index (χ4v) is 4.47. The summed E-state index contributed by atoms with van der Waals surface area (Å²) in [5.41, 5.74) is 0. The maximum atomic E-state index is 12.4. The van der Waals surface area contributed by atoms with Crippen molar-refractivity contribution in [2.75, 3.05) is 32.8 Å². The second-order valence-corrected chi connectivity index (χ2v) is 7.33. The van der Waals surface area contributed by atoms with Crippen molar-refractivity contribution >= 4 is 5.91 Å². The van der Waals surface area contributed by atoms with Gasteiger partial charge in [0.2, 0.25) is 5.91 Å². The number of hydrogen-bond donors (Lipinski definition) is 0. The monoisotopic (exact) mass is 308 g/mol. The number of carbonyl (C=O) groups excluding carboxylic acids is 1. The number of likely N-dealkylation sites (N-methyl/N-ethyl adjacent to an activating group) is 1. The molecule has 126 valence electrons. The van der Waals surface area contributed by atoms with E-state index in [2.05, 4.69) is 16.7 Å². The van der Waals surface area contributed by atoms with Gasteiger partial charge in [-0.15, -0.1) is 0 Å². The van der Waals surface area contributed by atoms with Gasteiger partial charge in [-0.2, -0.15) is 0 Å². The maximum absolute atomic E-state index is 12.4. The molecule has 3 rings (SSSR count). The summed E-state index contributed by atoms with van der Waals surface area (Å²) in [6, 6.07) is 1.25. The van der Waals surface area contributed by atoms with Gasteiger partial charge in [0.1, 0.15) is 0 Å². The summed E-state index contributed by atoms with van der Waals surface area (Å²) in [5.74, 6) is 1.07. The van der Waals surface area contributed by atoms with Crippen molar-refractivity contribution in [2.24, 2.45) is 5.92 Å². The third kappa shape index (κ3) is 3.83.